The molecule has 1 unspecified atom stereocenters. The van der Waals surface area contributed by atoms with E-state index in [0.717, 1.165) is 0 Å². The Morgan fingerprint density at radius 1 is 1.28 bits per heavy atom. The number of aliphatic carboxylic acids is 1. The molecule has 0 bridgehead atoms. The Morgan fingerprint density at radius 2 is 2.00 bits per heavy atom. The molecule has 1 atom stereocenters. The lowest BCUT2D eigenvalue weighted by Gasteiger charge is -2.29. The van der Waals surface area contributed by atoms with Crippen molar-refractivity contribution in [2.24, 2.45) is 0 Å². The van der Waals surface area contributed by atoms with E-state index >= 15 is 0 Å². The molecule has 0 aromatic heterocycles. The summed E-state index contributed by atoms with van der Waals surface area (Å²) in [5, 5.41) is 12.5. The summed E-state index contributed by atoms with van der Waals surface area (Å²) in [5.41, 5.74) is -0.408. The van der Waals surface area contributed by atoms with Crippen molar-refractivity contribution in [1.82, 2.24) is 0 Å². The molecule has 1 aliphatic heterocycles. The van der Waals surface area contributed by atoms with Crippen LogP contribution < -0.4 is 5.32 Å². The Labute approximate surface area is 105 Å². The average molecular weight is 253 g/mol. The van der Waals surface area contributed by atoms with Gasteiger partial charge in [0, 0.05) is 25.3 Å². The topological polar surface area (TPSA) is 58.6 Å². The minimum Gasteiger partial charge on any atom is -0.480 e. The number of nitrogens with one attached hydrogen (secondary N) is 1. The molecule has 18 heavy (non-hydrogen) atoms. The molecule has 1 aliphatic rings. The van der Waals surface area contributed by atoms with Crippen molar-refractivity contribution >= 4 is 11.7 Å². The van der Waals surface area contributed by atoms with Gasteiger partial charge in [-0.1, -0.05) is 0 Å². The van der Waals surface area contributed by atoms with Gasteiger partial charge in [-0.05, 0) is 37.1 Å². The third-order valence-electron chi connectivity index (χ3n) is 3.20. The molecule has 4 nitrogen and oxygen atoms in total. The highest BCUT2D eigenvalue weighted by molar-refractivity contribution is 5.82. The Morgan fingerprint density at radius 3 is 2.67 bits per heavy atom. The molecule has 1 aromatic carbocycles. The third kappa shape index (κ3) is 2.79. The molecule has 1 saturated heterocycles. The summed E-state index contributed by atoms with van der Waals surface area (Å²) in [5.74, 6) is -1.23. The second-order valence-corrected chi connectivity index (χ2v) is 4.49. The van der Waals surface area contributed by atoms with Crippen molar-refractivity contribution in [1.29, 1.82) is 0 Å². The van der Waals surface area contributed by atoms with Gasteiger partial charge in [0.2, 0.25) is 0 Å². The Kier molecular flexibility index (Phi) is 3.81. The highest BCUT2D eigenvalue weighted by Crippen LogP contribution is 2.27. The van der Waals surface area contributed by atoms with Gasteiger partial charge in [-0.15, -0.1) is 0 Å². The Balaban J connectivity index is 2.19. The van der Waals surface area contributed by atoms with E-state index in [1.807, 2.05) is 0 Å². The molecule has 98 valence electrons. The van der Waals surface area contributed by atoms with Crippen LogP contribution in [0.4, 0.5) is 10.1 Å². The fraction of sp³-hybridized carbons (Fsp3) is 0.462. The first-order valence-corrected chi connectivity index (χ1v) is 5.97. The third-order valence-corrected chi connectivity index (χ3v) is 3.20. The fourth-order valence-corrected chi connectivity index (χ4v) is 2.15. The van der Waals surface area contributed by atoms with Crippen LogP contribution in [0, 0.1) is 5.82 Å². The smallest absolute Gasteiger partial charge is 0.329 e. The molecule has 0 spiro atoms. The predicted octanol–water partition coefficient (Wildman–Crippen LogP) is 2.26. The summed E-state index contributed by atoms with van der Waals surface area (Å²) in [6.07, 6.45) is 1.60. The number of hydrogen-bond donors (Lipinski definition) is 2. The quantitative estimate of drug-likeness (QED) is 0.867. The predicted molar refractivity (Wildman–Crippen MR) is 65.1 cm³/mol. The molecule has 5 heteroatoms. The number of hydrogen-bond acceptors (Lipinski definition) is 3. The number of ether oxygens (including phenoxy) is 1. The summed E-state index contributed by atoms with van der Waals surface area (Å²) >= 11 is 0. The van der Waals surface area contributed by atoms with E-state index in [1.165, 1.54) is 12.1 Å². The monoisotopic (exact) mass is 253 g/mol. The summed E-state index contributed by atoms with van der Waals surface area (Å²) in [7, 11) is 0. The van der Waals surface area contributed by atoms with Gasteiger partial charge < -0.3 is 15.2 Å². The first kappa shape index (κ1) is 12.8. The lowest BCUT2D eigenvalue weighted by molar-refractivity contribution is -0.142. The number of carboxylic acids is 1. The number of carboxylic acid groups (broad SMARTS) is 1. The lowest BCUT2D eigenvalue weighted by atomic mass is 9.90. The minimum atomic E-state index is -1.02. The van der Waals surface area contributed by atoms with Gasteiger partial charge in [-0.25, -0.2) is 9.18 Å². The Hall–Kier alpha value is -1.62. The van der Waals surface area contributed by atoms with E-state index in [-0.39, 0.29) is 5.82 Å². The molecule has 2 N–H and O–H groups in total. The van der Waals surface area contributed by atoms with E-state index in [0.29, 0.717) is 38.2 Å². The van der Waals surface area contributed by atoms with Crippen LogP contribution in [0.2, 0.25) is 0 Å². The van der Waals surface area contributed by atoms with Gasteiger partial charge in [-0.3, -0.25) is 0 Å². The summed E-state index contributed by atoms with van der Waals surface area (Å²) in [6.45, 7) is 1.00. The van der Waals surface area contributed by atoms with Crippen LogP contribution in [0.3, 0.4) is 0 Å². The van der Waals surface area contributed by atoms with Crippen LogP contribution in [0.1, 0.15) is 19.3 Å². The molecular formula is C13H16FNO3. The van der Waals surface area contributed by atoms with Crippen molar-refractivity contribution in [3.63, 3.8) is 0 Å². The molecule has 2 rings (SSSR count). The zero-order valence-electron chi connectivity index (χ0n) is 9.99. The molecule has 1 heterocycles. The molecular weight excluding hydrogens is 237 g/mol. The van der Waals surface area contributed by atoms with Crippen molar-refractivity contribution in [3.8, 4) is 0 Å². The number of benzene rings is 1. The van der Waals surface area contributed by atoms with Gasteiger partial charge in [-0.2, -0.15) is 0 Å². The van der Waals surface area contributed by atoms with Crippen molar-refractivity contribution in [2.75, 3.05) is 18.5 Å². The number of carbonyl (C=O) groups is 1. The normalized spacial score (nSPS) is 24.3. The van der Waals surface area contributed by atoms with Gasteiger partial charge >= 0.3 is 5.97 Å². The standard InChI is InChI=1S/C13H16FNO3/c14-10-2-4-11(5-3-10)15-13(12(16)17)6-1-8-18-9-7-13/h2-5,15H,1,6-9H2,(H,16,17). The SMILES string of the molecule is O=C(O)C1(Nc2ccc(F)cc2)CCCOCC1. The number of halogens is 1. The van der Waals surface area contributed by atoms with E-state index < -0.39 is 11.5 Å². The highest BCUT2D eigenvalue weighted by atomic mass is 19.1. The Bertz CT molecular complexity index is 411. The first-order chi connectivity index (χ1) is 8.62. The number of anilines is 1. The van der Waals surface area contributed by atoms with Crippen LogP contribution in [0.15, 0.2) is 24.3 Å². The summed E-state index contributed by atoms with van der Waals surface area (Å²) in [6, 6.07) is 5.72. The van der Waals surface area contributed by atoms with Crippen molar-refractivity contribution < 1.29 is 19.0 Å². The van der Waals surface area contributed by atoms with Crippen LogP contribution in [0.5, 0.6) is 0 Å². The fourth-order valence-electron chi connectivity index (χ4n) is 2.15. The molecule has 1 aromatic rings. The van der Waals surface area contributed by atoms with Gasteiger partial charge in [0.05, 0.1) is 0 Å². The maximum Gasteiger partial charge on any atom is 0.329 e. The van der Waals surface area contributed by atoms with Crippen LogP contribution >= 0.6 is 0 Å². The van der Waals surface area contributed by atoms with E-state index in [2.05, 4.69) is 5.32 Å². The molecule has 0 saturated carbocycles. The molecule has 0 aliphatic carbocycles. The van der Waals surface area contributed by atoms with E-state index in [4.69, 9.17) is 4.74 Å². The second-order valence-electron chi connectivity index (χ2n) is 4.49. The zero-order valence-corrected chi connectivity index (χ0v) is 9.99. The van der Waals surface area contributed by atoms with E-state index in [9.17, 15) is 14.3 Å². The van der Waals surface area contributed by atoms with Gasteiger partial charge in [0.25, 0.3) is 0 Å². The summed E-state index contributed by atoms with van der Waals surface area (Å²) < 4.78 is 18.1. The largest absolute Gasteiger partial charge is 0.480 e. The van der Waals surface area contributed by atoms with Crippen LogP contribution in [0.25, 0.3) is 0 Å². The average Bonchev–Trinajstić information content (AvgIpc) is 2.59. The van der Waals surface area contributed by atoms with Crippen LogP contribution in [-0.2, 0) is 9.53 Å². The van der Waals surface area contributed by atoms with Crippen LogP contribution in [-0.4, -0.2) is 29.8 Å². The first-order valence-electron chi connectivity index (χ1n) is 5.97. The molecule has 1 fully saturated rings. The zero-order chi connectivity index (χ0) is 13.0. The summed E-state index contributed by atoms with van der Waals surface area (Å²) in [4.78, 5) is 11.5. The second kappa shape index (κ2) is 5.35. The maximum absolute atomic E-state index is 12.8. The van der Waals surface area contributed by atoms with Crippen molar-refractivity contribution in [2.45, 2.75) is 24.8 Å². The van der Waals surface area contributed by atoms with E-state index in [1.54, 1.807) is 12.1 Å². The minimum absolute atomic E-state index is 0.339. The lowest BCUT2D eigenvalue weighted by Crippen LogP contribution is -2.46. The number of rotatable bonds is 3. The highest BCUT2D eigenvalue weighted by Gasteiger charge is 2.38. The van der Waals surface area contributed by atoms with Crippen molar-refractivity contribution in [3.05, 3.63) is 30.1 Å². The molecule has 0 radical (unpaired) electrons. The maximum atomic E-state index is 12.8. The van der Waals surface area contributed by atoms with Gasteiger partial charge in [0.15, 0.2) is 0 Å². The van der Waals surface area contributed by atoms with Gasteiger partial charge in [0.1, 0.15) is 11.4 Å². The molecule has 0 amide bonds.